The molecule has 1 saturated carbocycles. The SMILES string of the molecule is CSC1(CNc2ccc(C(N)=S)c(F)c2)CC1. The molecular weight excluding hydrogens is 255 g/mol. The molecule has 0 aromatic heterocycles. The summed E-state index contributed by atoms with van der Waals surface area (Å²) in [7, 11) is 0. The Bertz CT molecular complexity index is 444. The molecule has 0 radical (unpaired) electrons. The highest BCUT2D eigenvalue weighted by Crippen LogP contribution is 2.47. The van der Waals surface area contributed by atoms with Gasteiger partial charge >= 0.3 is 0 Å². The number of benzene rings is 1. The number of anilines is 1. The van der Waals surface area contributed by atoms with Crippen LogP contribution in [0.2, 0.25) is 0 Å². The van der Waals surface area contributed by atoms with E-state index in [0.29, 0.717) is 10.3 Å². The van der Waals surface area contributed by atoms with Gasteiger partial charge in [-0.05, 0) is 37.3 Å². The van der Waals surface area contributed by atoms with Gasteiger partial charge in [0.05, 0.1) is 0 Å². The number of halogens is 1. The van der Waals surface area contributed by atoms with E-state index in [1.54, 1.807) is 6.07 Å². The molecule has 0 spiro atoms. The maximum absolute atomic E-state index is 13.6. The van der Waals surface area contributed by atoms with Crippen LogP contribution in [0.3, 0.4) is 0 Å². The van der Waals surface area contributed by atoms with Gasteiger partial charge < -0.3 is 11.1 Å². The maximum Gasteiger partial charge on any atom is 0.135 e. The van der Waals surface area contributed by atoms with E-state index in [-0.39, 0.29) is 10.8 Å². The zero-order chi connectivity index (χ0) is 12.5. The van der Waals surface area contributed by atoms with Crippen molar-refractivity contribution in [3.05, 3.63) is 29.6 Å². The Kier molecular flexibility index (Phi) is 3.58. The summed E-state index contributed by atoms with van der Waals surface area (Å²) < 4.78 is 14.0. The van der Waals surface area contributed by atoms with Gasteiger partial charge in [-0.3, -0.25) is 0 Å². The number of thioether (sulfide) groups is 1. The van der Waals surface area contributed by atoms with E-state index < -0.39 is 0 Å². The van der Waals surface area contributed by atoms with Gasteiger partial charge in [-0.25, -0.2) is 4.39 Å². The number of thiocarbonyl (C=S) groups is 1. The summed E-state index contributed by atoms with van der Waals surface area (Å²) in [6.45, 7) is 0.875. The quantitative estimate of drug-likeness (QED) is 0.807. The molecule has 0 saturated heterocycles. The van der Waals surface area contributed by atoms with Crippen LogP contribution in [0, 0.1) is 5.82 Å². The predicted molar refractivity (Wildman–Crippen MR) is 76.3 cm³/mol. The zero-order valence-corrected chi connectivity index (χ0v) is 11.3. The lowest BCUT2D eigenvalue weighted by Gasteiger charge is -2.14. The average Bonchev–Trinajstić information content (AvgIpc) is 3.07. The summed E-state index contributed by atoms with van der Waals surface area (Å²) in [6, 6.07) is 4.89. The minimum Gasteiger partial charge on any atom is -0.389 e. The highest BCUT2D eigenvalue weighted by atomic mass is 32.2. The minimum atomic E-state index is -0.364. The van der Waals surface area contributed by atoms with E-state index in [2.05, 4.69) is 11.6 Å². The van der Waals surface area contributed by atoms with E-state index >= 15 is 0 Å². The molecule has 5 heteroatoms. The molecular formula is C12H15FN2S2. The summed E-state index contributed by atoms with van der Waals surface area (Å²) in [6.07, 6.45) is 4.58. The Balaban J connectivity index is 2.03. The smallest absolute Gasteiger partial charge is 0.135 e. The van der Waals surface area contributed by atoms with Crippen LogP contribution in [0.25, 0.3) is 0 Å². The third kappa shape index (κ3) is 2.90. The van der Waals surface area contributed by atoms with Crippen LogP contribution >= 0.6 is 24.0 Å². The summed E-state index contributed by atoms with van der Waals surface area (Å²) in [5.74, 6) is -0.364. The van der Waals surface area contributed by atoms with Gasteiger partial charge in [0.2, 0.25) is 0 Å². The first-order valence-electron chi connectivity index (χ1n) is 5.45. The molecule has 0 unspecified atom stereocenters. The molecule has 1 aromatic rings. The molecule has 0 amide bonds. The molecule has 92 valence electrons. The van der Waals surface area contributed by atoms with Crippen LogP contribution in [0.15, 0.2) is 18.2 Å². The van der Waals surface area contributed by atoms with Crippen LogP contribution in [0.1, 0.15) is 18.4 Å². The first-order chi connectivity index (χ1) is 8.06. The fourth-order valence-corrected chi connectivity index (χ4v) is 2.57. The second-order valence-corrected chi connectivity index (χ2v) is 6.01. The molecule has 3 N–H and O–H groups in total. The number of hydrogen-bond donors (Lipinski definition) is 2. The number of nitrogens with two attached hydrogens (primary N) is 1. The largest absolute Gasteiger partial charge is 0.389 e. The van der Waals surface area contributed by atoms with Gasteiger partial charge in [0.25, 0.3) is 0 Å². The molecule has 1 aliphatic carbocycles. The van der Waals surface area contributed by atoms with Crippen molar-refractivity contribution in [1.82, 2.24) is 0 Å². The summed E-state index contributed by atoms with van der Waals surface area (Å²) in [5, 5.41) is 3.26. The molecule has 0 atom stereocenters. The van der Waals surface area contributed by atoms with E-state index in [0.717, 1.165) is 12.2 Å². The Hall–Kier alpha value is -0.810. The van der Waals surface area contributed by atoms with Crippen molar-refractivity contribution in [2.24, 2.45) is 5.73 Å². The second-order valence-electron chi connectivity index (χ2n) is 4.30. The summed E-state index contributed by atoms with van der Waals surface area (Å²) >= 11 is 6.63. The Morgan fingerprint density at radius 3 is 2.76 bits per heavy atom. The highest BCUT2D eigenvalue weighted by Gasteiger charge is 2.41. The molecule has 0 bridgehead atoms. The van der Waals surface area contributed by atoms with Crippen molar-refractivity contribution in [3.8, 4) is 0 Å². The Morgan fingerprint density at radius 2 is 2.29 bits per heavy atom. The average molecular weight is 270 g/mol. The number of rotatable bonds is 5. The summed E-state index contributed by atoms with van der Waals surface area (Å²) in [4.78, 5) is 0.0943. The molecule has 2 rings (SSSR count). The number of hydrogen-bond acceptors (Lipinski definition) is 3. The zero-order valence-electron chi connectivity index (χ0n) is 9.63. The van der Waals surface area contributed by atoms with Crippen LogP contribution in [-0.2, 0) is 0 Å². The van der Waals surface area contributed by atoms with Crippen LogP contribution < -0.4 is 11.1 Å². The molecule has 2 nitrogen and oxygen atoms in total. The van der Waals surface area contributed by atoms with Gasteiger partial charge in [0.1, 0.15) is 10.8 Å². The lowest BCUT2D eigenvalue weighted by Crippen LogP contribution is -2.18. The number of nitrogens with one attached hydrogen (secondary N) is 1. The molecule has 1 aliphatic rings. The van der Waals surface area contributed by atoms with E-state index in [9.17, 15) is 4.39 Å². The predicted octanol–water partition coefficient (Wildman–Crippen LogP) is 2.77. The Morgan fingerprint density at radius 1 is 1.59 bits per heavy atom. The fraction of sp³-hybridized carbons (Fsp3) is 0.417. The van der Waals surface area contributed by atoms with Gasteiger partial charge in [0.15, 0.2) is 0 Å². The molecule has 17 heavy (non-hydrogen) atoms. The van der Waals surface area contributed by atoms with Crippen molar-refractivity contribution >= 4 is 34.7 Å². The monoisotopic (exact) mass is 270 g/mol. The first-order valence-corrected chi connectivity index (χ1v) is 7.08. The van der Waals surface area contributed by atoms with Crippen molar-refractivity contribution in [2.45, 2.75) is 17.6 Å². The van der Waals surface area contributed by atoms with Crippen LogP contribution in [-0.4, -0.2) is 22.5 Å². The van der Waals surface area contributed by atoms with Crippen molar-refractivity contribution in [1.29, 1.82) is 0 Å². The van der Waals surface area contributed by atoms with Gasteiger partial charge in [0, 0.05) is 22.5 Å². The minimum absolute atomic E-state index is 0.0943. The van der Waals surface area contributed by atoms with Gasteiger partial charge in [-0.1, -0.05) is 12.2 Å². The van der Waals surface area contributed by atoms with E-state index in [1.165, 1.54) is 18.9 Å². The van der Waals surface area contributed by atoms with E-state index in [4.69, 9.17) is 18.0 Å². The van der Waals surface area contributed by atoms with Crippen molar-refractivity contribution in [2.75, 3.05) is 18.1 Å². The third-order valence-electron chi connectivity index (χ3n) is 3.09. The normalized spacial score (nSPS) is 16.6. The standard InChI is InChI=1S/C12H15FN2S2/c1-17-12(4-5-12)7-15-8-2-3-9(11(14)16)10(13)6-8/h2-3,6,15H,4-5,7H2,1H3,(H2,14,16). The molecule has 0 aliphatic heterocycles. The van der Waals surface area contributed by atoms with Crippen molar-refractivity contribution in [3.63, 3.8) is 0 Å². The molecule has 1 fully saturated rings. The third-order valence-corrected chi connectivity index (χ3v) is 4.73. The van der Waals surface area contributed by atoms with Crippen LogP contribution in [0.4, 0.5) is 10.1 Å². The summed E-state index contributed by atoms with van der Waals surface area (Å²) in [5.41, 5.74) is 6.49. The first kappa shape index (κ1) is 12.6. The second kappa shape index (κ2) is 4.82. The molecule has 1 aromatic carbocycles. The topological polar surface area (TPSA) is 38.0 Å². The maximum atomic E-state index is 13.6. The van der Waals surface area contributed by atoms with E-state index in [1.807, 2.05) is 17.8 Å². The fourth-order valence-electron chi connectivity index (χ4n) is 1.68. The highest BCUT2D eigenvalue weighted by molar-refractivity contribution is 8.00. The van der Waals surface area contributed by atoms with Crippen molar-refractivity contribution < 1.29 is 4.39 Å². The van der Waals surface area contributed by atoms with Gasteiger partial charge in [-0.15, -0.1) is 0 Å². The lowest BCUT2D eigenvalue weighted by molar-refractivity contribution is 0.626. The van der Waals surface area contributed by atoms with Gasteiger partial charge in [-0.2, -0.15) is 11.8 Å². The van der Waals surface area contributed by atoms with Crippen LogP contribution in [0.5, 0.6) is 0 Å². The molecule has 0 heterocycles. The Labute approximate surface area is 110 Å². The lowest BCUT2D eigenvalue weighted by atomic mass is 10.2.